The standard InChI is InChI=1S/C13H18N2O3/c1-3-14-13(16)9(2)15-7-10-4-5-11-12(6-10)18-8-17-11/h4-6,9,15H,3,7-8H2,1-2H3,(H,14,16). The van der Waals surface area contributed by atoms with Gasteiger partial charge in [-0.05, 0) is 31.5 Å². The predicted octanol–water partition coefficient (Wildman–Crippen LogP) is 1.03. The molecule has 1 heterocycles. The molecule has 1 unspecified atom stereocenters. The Kier molecular flexibility index (Phi) is 4.04. The Balaban J connectivity index is 1.88. The van der Waals surface area contributed by atoms with Gasteiger partial charge in [0.05, 0.1) is 6.04 Å². The summed E-state index contributed by atoms with van der Waals surface area (Å²) in [6, 6.07) is 5.57. The van der Waals surface area contributed by atoms with Crippen LogP contribution in [0.25, 0.3) is 0 Å². The molecule has 0 bridgehead atoms. The summed E-state index contributed by atoms with van der Waals surface area (Å²) in [5.74, 6) is 1.55. The molecule has 0 fully saturated rings. The van der Waals surface area contributed by atoms with Crippen molar-refractivity contribution in [3.63, 3.8) is 0 Å². The largest absolute Gasteiger partial charge is 0.454 e. The fourth-order valence-corrected chi connectivity index (χ4v) is 1.74. The van der Waals surface area contributed by atoms with Crippen molar-refractivity contribution in [2.24, 2.45) is 0 Å². The SMILES string of the molecule is CCNC(=O)C(C)NCc1ccc2c(c1)OCO2. The van der Waals surface area contributed by atoms with Gasteiger partial charge in [0.2, 0.25) is 12.7 Å². The number of rotatable bonds is 5. The number of hydrogen-bond acceptors (Lipinski definition) is 4. The van der Waals surface area contributed by atoms with Gasteiger partial charge in [-0.1, -0.05) is 6.07 Å². The molecule has 1 aliphatic rings. The summed E-state index contributed by atoms with van der Waals surface area (Å²) in [5, 5.41) is 5.94. The molecule has 5 heteroatoms. The van der Waals surface area contributed by atoms with E-state index in [1.807, 2.05) is 32.0 Å². The third kappa shape index (κ3) is 2.92. The van der Waals surface area contributed by atoms with Crippen LogP contribution in [0.1, 0.15) is 19.4 Å². The number of benzene rings is 1. The maximum absolute atomic E-state index is 11.5. The molecule has 0 radical (unpaired) electrons. The Morgan fingerprint density at radius 2 is 2.17 bits per heavy atom. The van der Waals surface area contributed by atoms with E-state index in [9.17, 15) is 4.79 Å². The fraction of sp³-hybridized carbons (Fsp3) is 0.462. The molecule has 1 aromatic carbocycles. The van der Waals surface area contributed by atoms with Gasteiger partial charge in [-0.3, -0.25) is 4.79 Å². The zero-order valence-electron chi connectivity index (χ0n) is 10.7. The maximum atomic E-state index is 11.5. The minimum atomic E-state index is -0.213. The lowest BCUT2D eigenvalue weighted by molar-refractivity contribution is -0.122. The first kappa shape index (κ1) is 12.7. The number of amides is 1. The van der Waals surface area contributed by atoms with Crippen LogP contribution in [-0.4, -0.2) is 25.3 Å². The van der Waals surface area contributed by atoms with Gasteiger partial charge in [0.1, 0.15) is 0 Å². The second-order valence-corrected chi connectivity index (χ2v) is 4.18. The molecule has 98 valence electrons. The minimum Gasteiger partial charge on any atom is -0.454 e. The van der Waals surface area contributed by atoms with E-state index in [2.05, 4.69) is 10.6 Å². The topological polar surface area (TPSA) is 59.6 Å². The lowest BCUT2D eigenvalue weighted by Gasteiger charge is -2.13. The van der Waals surface area contributed by atoms with E-state index in [-0.39, 0.29) is 18.7 Å². The van der Waals surface area contributed by atoms with Crippen molar-refractivity contribution in [2.45, 2.75) is 26.4 Å². The van der Waals surface area contributed by atoms with Gasteiger partial charge in [-0.15, -0.1) is 0 Å². The van der Waals surface area contributed by atoms with Crippen molar-refractivity contribution in [1.29, 1.82) is 0 Å². The minimum absolute atomic E-state index is 0.0123. The number of ether oxygens (including phenoxy) is 2. The number of likely N-dealkylation sites (N-methyl/N-ethyl adjacent to an activating group) is 1. The van der Waals surface area contributed by atoms with Crippen LogP contribution in [-0.2, 0) is 11.3 Å². The molecule has 0 spiro atoms. The molecule has 1 aliphatic heterocycles. The van der Waals surface area contributed by atoms with Crippen molar-refractivity contribution in [1.82, 2.24) is 10.6 Å². The number of carbonyl (C=O) groups excluding carboxylic acids is 1. The summed E-state index contributed by atoms with van der Waals surface area (Å²) in [6.45, 7) is 5.30. The smallest absolute Gasteiger partial charge is 0.236 e. The van der Waals surface area contributed by atoms with Gasteiger partial charge in [-0.25, -0.2) is 0 Å². The Hall–Kier alpha value is -1.75. The van der Waals surface area contributed by atoms with E-state index < -0.39 is 0 Å². The molecule has 1 amide bonds. The zero-order valence-corrected chi connectivity index (χ0v) is 10.7. The van der Waals surface area contributed by atoms with Crippen molar-refractivity contribution in [3.8, 4) is 11.5 Å². The van der Waals surface area contributed by atoms with E-state index in [1.54, 1.807) is 0 Å². The Morgan fingerprint density at radius 1 is 1.39 bits per heavy atom. The predicted molar refractivity (Wildman–Crippen MR) is 67.6 cm³/mol. The average molecular weight is 250 g/mol. The molecule has 0 aromatic heterocycles. The second kappa shape index (κ2) is 5.73. The molecule has 1 atom stereocenters. The molecule has 0 aliphatic carbocycles. The highest BCUT2D eigenvalue weighted by Crippen LogP contribution is 2.32. The molecule has 18 heavy (non-hydrogen) atoms. The summed E-state index contributed by atoms with van der Waals surface area (Å²) >= 11 is 0. The molecule has 5 nitrogen and oxygen atoms in total. The van der Waals surface area contributed by atoms with Gasteiger partial charge in [0.15, 0.2) is 11.5 Å². The Labute approximate surface area is 106 Å². The lowest BCUT2D eigenvalue weighted by Crippen LogP contribution is -2.41. The van der Waals surface area contributed by atoms with Crippen molar-refractivity contribution in [2.75, 3.05) is 13.3 Å². The highest BCUT2D eigenvalue weighted by molar-refractivity contribution is 5.81. The van der Waals surface area contributed by atoms with Gasteiger partial charge in [0, 0.05) is 13.1 Å². The van der Waals surface area contributed by atoms with Gasteiger partial charge < -0.3 is 20.1 Å². The van der Waals surface area contributed by atoms with Crippen LogP contribution in [0, 0.1) is 0 Å². The van der Waals surface area contributed by atoms with Gasteiger partial charge >= 0.3 is 0 Å². The van der Waals surface area contributed by atoms with E-state index >= 15 is 0 Å². The van der Waals surface area contributed by atoms with E-state index in [0.29, 0.717) is 13.1 Å². The van der Waals surface area contributed by atoms with Crippen LogP contribution in [0.15, 0.2) is 18.2 Å². The number of nitrogens with one attached hydrogen (secondary N) is 2. The number of carbonyl (C=O) groups is 1. The molecule has 0 saturated heterocycles. The van der Waals surface area contributed by atoms with Gasteiger partial charge in [-0.2, -0.15) is 0 Å². The summed E-state index contributed by atoms with van der Waals surface area (Å²) in [5.41, 5.74) is 1.07. The summed E-state index contributed by atoms with van der Waals surface area (Å²) in [4.78, 5) is 11.5. The molecular weight excluding hydrogens is 232 g/mol. The van der Waals surface area contributed by atoms with Crippen molar-refractivity contribution < 1.29 is 14.3 Å². The first-order chi connectivity index (χ1) is 8.70. The second-order valence-electron chi connectivity index (χ2n) is 4.18. The van der Waals surface area contributed by atoms with Crippen LogP contribution in [0.3, 0.4) is 0 Å². The first-order valence-electron chi connectivity index (χ1n) is 6.10. The van der Waals surface area contributed by atoms with Crippen molar-refractivity contribution >= 4 is 5.91 Å². The lowest BCUT2D eigenvalue weighted by atomic mass is 10.2. The number of fused-ring (bicyclic) bond motifs is 1. The molecular formula is C13H18N2O3. The maximum Gasteiger partial charge on any atom is 0.236 e. The van der Waals surface area contributed by atoms with Crippen LogP contribution in [0.5, 0.6) is 11.5 Å². The van der Waals surface area contributed by atoms with Crippen molar-refractivity contribution in [3.05, 3.63) is 23.8 Å². The average Bonchev–Trinajstić information content (AvgIpc) is 2.83. The highest BCUT2D eigenvalue weighted by Gasteiger charge is 2.14. The van der Waals surface area contributed by atoms with E-state index in [4.69, 9.17) is 9.47 Å². The molecule has 0 saturated carbocycles. The van der Waals surface area contributed by atoms with Crippen LogP contribution in [0.2, 0.25) is 0 Å². The summed E-state index contributed by atoms with van der Waals surface area (Å²) in [7, 11) is 0. The monoisotopic (exact) mass is 250 g/mol. The van der Waals surface area contributed by atoms with Crippen LogP contribution in [0.4, 0.5) is 0 Å². The summed E-state index contributed by atoms with van der Waals surface area (Å²) in [6.07, 6.45) is 0. The zero-order chi connectivity index (χ0) is 13.0. The Bertz CT molecular complexity index is 434. The molecule has 2 rings (SSSR count). The van der Waals surface area contributed by atoms with E-state index in [1.165, 1.54) is 0 Å². The van der Waals surface area contributed by atoms with Gasteiger partial charge in [0.25, 0.3) is 0 Å². The first-order valence-corrected chi connectivity index (χ1v) is 6.10. The fourth-order valence-electron chi connectivity index (χ4n) is 1.74. The normalized spacial score (nSPS) is 14.3. The third-order valence-corrected chi connectivity index (χ3v) is 2.79. The summed E-state index contributed by atoms with van der Waals surface area (Å²) < 4.78 is 10.5. The van der Waals surface area contributed by atoms with Crippen LogP contribution < -0.4 is 20.1 Å². The van der Waals surface area contributed by atoms with E-state index in [0.717, 1.165) is 17.1 Å². The molecule has 2 N–H and O–H groups in total. The highest BCUT2D eigenvalue weighted by atomic mass is 16.7. The quantitative estimate of drug-likeness (QED) is 0.819. The molecule has 1 aromatic rings. The van der Waals surface area contributed by atoms with Crippen LogP contribution >= 0.6 is 0 Å². The Morgan fingerprint density at radius 3 is 2.94 bits per heavy atom. The number of hydrogen-bond donors (Lipinski definition) is 2. The third-order valence-electron chi connectivity index (χ3n) is 2.79.